The van der Waals surface area contributed by atoms with Crippen molar-refractivity contribution in [1.82, 2.24) is 9.55 Å². The highest BCUT2D eigenvalue weighted by atomic mass is 35.5. The molecule has 0 unspecified atom stereocenters. The number of benzene rings is 3. The number of carbonyl (C=O) groups is 1. The molecule has 4 aromatic rings. The third kappa shape index (κ3) is 4.02. The van der Waals surface area contributed by atoms with Gasteiger partial charge in [0.2, 0.25) is 5.95 Å². The fraction of sp³-hybridized carbons (Fsp3) is 0.154. The second kappa shape index (κ2) is 8.88. The van der Waals surface area contributed by atoms with Crippen molar-refractivity contribution in [2.24, 2.45) is 0 Å². The van der Waals surface area contributed by atoms with Gasteiger partial charge in [-0.2, -0.15) is 0 Å². The number of halogens is 1. The minimum absolute atomic E-state index is 0.110. The number of carbonyl (C=O) groups excluding carboxylic acids is 1. The van der Waals surface area contributed by atoms with Gasteiger partial charge < -0.3 is 10.6 Å². The number of anilines is 2. The Balaban J connectivity index is 1.68. The number of hydrogen-bond donors (Lipinski definition) is 2. The van der Waals surface area contributed by atoms with E-state index < -0.39 is 11.0 Å². The zero-order chi connectivity index (χ0) is 24.7. The minimum atomic E-state index is -0.735. The molecule has 1 aliphatic heterocycles. The average Bonchev–Trinajstić information content (AvgIpc) is 3.21. The first kappa shape index (κ1) is 22.6. The quantitative estimate of drug-likeness (QED) is 0.262. The Morgan fingerprint density at radius 1 is 1.17 bits per heavy atom. The molecule has 2 heterocycles. The van der Waals surface area contributed by atoms with Gasteiger partial charge in [-0.05, 0) is 49.2 Å². The van der Waals surface area contributed by atoms with E-state index in [1.54, 1.807) is 6.92 Å². The van der Waals surface area contributed by atoms with Gasteiger partial charge in [-0.15, -0.1) is 0 Å². The molecule has 35 heavy (non-hydrogen) atoms. The monoisotopic (exact) mass is 487 g/mol. The second-order valence-corrected chi connectivity index (χ2v) is 8.74. The van der Waals surface area contributed by atoms with E-state index in [0.29, 0.717) is 33.5 Å². The van der Waals surface area contributed by atoms with E-state index in [1.807, 2.05) is 53.1 Å². The zero-order valence-electron chi connectivity index (χ0n) is 19.1. The van der Waals surface area contributed by atoms with Crippen LogP contribution in [0.15, 0.2) is 78.0 Å². The standard InChI is InChI=1S/C26H22ClN5O3/c1-3-16-8-10-17(11-9-16)29-25(33)23-15(2)28-26-30-21-6-4-5-7-22(21)31(26)24(23)19-14-18(32(34)35)12-13-20(19)27/h4-14,24H,3H2,1-2H3,(H,28,30)(H,29,33)/t24-/m1/s1. The lowest BCUT2D eigenvalue weighted by atomic mass is 9.93. The lowest BCUT2D eigenvalue weighted by molar-refractivity contribution is -0.384. The lowest BCUT2D eigenvalue weighted by Gasteiger charge is -2.31. The van der Waals surface area contributed by atoms with Crippen molar-refractivity contribution in [2.45, 2.75) is 26.3 Å². The van der Waals surface area contributed by atoms with Gasteiger partial charge in [0.15, 0.2) is 0 Å². The maximum absolute atomic E-state index is 13.7. The molecule has 5 rings (SSSR count). The Morgan fingerprint density at radius 2 is 1.91 bits per heavy atom. The first-order valence-electron chi connectivity index (χ1n) is 11.2. The highest BCUT2D eigenvalue weighted by molar-refractivity contribution is 6.31. The number of hydrogen-bond acceptors (Lipinski definition) is 5. The summed E-state index contributed by atoms with van der Waals surface area (Å²) in [4.78, 5) is 29.5. The van der Waals surface area contributed by atoms with Crippen LogP contribution in [-0.4, -0.2) is 20.4 Å². The van der Waals surface area contributed by atoms with Crippen LogP contribution >= 0.6 is 11.6 Å². The number of nitro benzene ring substituents is 1. The summed E-state index contributed by atoms with van der Waals surface area (Å²) in [5.41, 5.74) is 4.62. The van der Waals surface area contributed by atoms with Gasteiger partial charge >= 0.3 is 0 Å². The molecule has 2 N–H and O–H groups in total. The van der Waals surface area contributed by atoms with Crippen LogP contribution in [0.4, 0.5) is 17.3 Å². The van der Waals surface area contributed by atoms with Crippen LogP contribution in [0.25, 0.3) is 11.0 Å². The zero-order valence-corrected chi connectivity index (χ0v) is 19.8. The van der Waals surface area contributed by atoms with E-state index in [-0.39, 0.29) is 11.6 Å². The molecule has 0 saturated heterocycles. The van der Waals surface area contributed by atoms with Gasteiger partial charge in [0.1, 0.15) is 0 Å². The molecule has 0 saturated carbocycles. The number of nitro groups is 1. The number of non-ortho nitro benzene ring substituents is 1. The van der Waals surface area contributed by atoms with Gasteiger partial charge in [0.05, 0.1) is 27.6 Å². The Hall–Kier alpha value is -4.17. The fourth-order valence-electron chi connectivity index (χ4n) is 4.43. The molecule has 1 aromatic heterocycles. The van der Waals surface area contributed by atoms with Crippen LogP contribution in [-0.2, 0) is 11.2 Å². The topological polar surface area (TPSA) is 102 Å². The lowest BCUT2D eigenvalue weighted by Crippen LogP contribution is -2.31. The summed E-state index contributed by atoms with van der Waals surface area (Å²) in [6, 6.07) is 18.7. The van der Waals surface area contributed by atoms with Crippen molar-refractivity contribution in [3.63, 3.8) is 0 Å². The predicted molar refractivity (Wildman–Crippen MR) is 137 cm³/mol. The van der Waals surface area contributed by atoms with Crippen LogP contribution in [0.5, 0.6) is 0 Å². The number of fused-ring (bicyclic) bond motifs is 3. The average molecular weight is 488 g/mol. The van der Waals surface area contributed by atoms with Gasteiger partial charge in [-0.3, -0.25) is 19.5 Å². The van der Waals surface area contributed by atoms with E-state index in [1.165, 1.54) is 18.2 Å². The molecule has 0 fully saturated rings. The number of para-hydroxylation sites is 2. The Labute approximate surface area is 206 Å². The summed E-state index contributed by atoms with van der Waals surface area (Å²) in [6.45, 7) is 3.85. The number of amides is 1. The number of allylic oxidation sites excluding steroid dienone is 1. The van der Waals surface area contributed by atoms with Gasteiger partial charge in [-0.25, -0.2) is 4.98 Å². The number of imidazole rings is 1. The highest BCUT2D eigenvalue weighted by Crippen LogP contribution is 2.42. The molecule has 1 aliphatic rings. The van der Waals surface area contributed by atoms with Crippen molar-refractivity contribution in [3.8, 4) is 0 Å². The van der Waals surface area contributed by atoms with Crippen molar-refractivity contribution in [3.05, 3.63) is 104 Å². The van der Waals surface area contributed by atoms with E-state index in [2.05, 4.69) is 22.5 Å². The number of nitrogens with one attached hydrogen (secondary N) is 2. The van der Waals surface area contributed by atoms with Crippen molar-refractivity contribution >= 4 is 45.9 Å². The minimum Gasteiger partial charge on any atom is -0.329 e. The number of nitrogens with zero attached hydrogens (tertiary/aromatic N) is 3. The maximum atomic E-state index is 13.7. The Kier molecular flexibility index (Phi) is 5.74. The van der Waals surface area contributed by atoms with E-state index >= 15 is 0 Å². The summed E-state index contributed by atoms with van der Waals surface area (Å²) in [5.74, 6) is 0.190. The molecule has 0 bridgehead atoms. The molecule has 8 nitrogen and oxygen atoms in total. The molecule has 9 heteroatoms. The van der Waals surface area contributed by atoms with Gasteiger partial charge in [0.25, 0.3) is 11.6 Å². The van der Waals surface area contributed by atoms with E-state index in [0.717, 1.165) is 23.0 Å². The summed E-state index contributed by atoms with van der Waals surface area (Å²) in [6.07, 6.45) is 0.895. The predicted octanol–water partition coefficient (Wildman–Crippen LogP) is 6.09. The van der Waals surface area contributed by atoms with Crippen molar-refractivity contribution in [2.75, 3.05) is 10.6 Å². The van der Waals surface area contributed by atoms with Gasteiger partial charge in [-0.1, -0.05) is 42.8 Å². The Morgan fingerprint density at radius 3 is 2.63 bits per heavy atom. The molecule has 3 aromatic carbocycles. The third-order valence-electron chi connectivity index (χ3n) is 6.18. The van der Waals surface area contributed by atoms with Crippen LogP contribution in [0, 0.1) is 10.1 Å². The highest BCUT2D eigenvalue weighted by Gasteiger charge is 2.36. The normalized spacial score (nSPS) is 15.0. The summed E-state index contributed by atoms with van der Waals surface area (Å²) in [7, 11) is 0. The van der Waals surface area contributed by atoms with Gasteiger partial charge in [0, 0.05) is 34.1 Å². The SMILES string of the molecule is CCc1ccc(NC(=O)C2=C(C)Nc3nc4ccccc4n3[C@@H]2c2cc([N+](=O)[O-])ccc2Cl)cc1. The fourth-order valence-corrected chi connectivity index (χ4v) is 4.65. The van der Waals surface area contributed by atoms with Crippen LogP contribution in [0.1, 0.15) is 31.0 Å². The molecule has 176 valence electrons. The van der Waals surface area contributed by atoms with Crippen molar-refractivity contribution in [1.29, 1.82) is 0 Å². The largest absolute Gasteiger partial charge is 0.329 e. The van der Waals surface area contributed by atoms with Crippen LogP contribution in [0.3, 0.4) is 0 Å². The first-order valence-corrected chi connectivity index (χ1v) is 11.5. The first-order chi connectivity index (χ1) is 16.9. The number of rotatable bonds is 5. The molecule has 1 amide bonds. The van der Waals surface area contributed by atoms with E-state index in [4.69, 9.17) is 11.6 Å². The smallest absolute Gasteiger partial charge is 0.269 e. The molecule has 0 radical (unpaired) electrons. The number of aromatic nitrogens is 2. The summed E-state index contributed by atoms with van der Waals surface area (Å²) < 4.78 is 1.86. The molecule has 0 aliphatic carbocycles. The molecular weight excluding hydrogens is 466 g/mol. The summed E-state index contributed by atoms with van der Waals surface area (Å²) in [5, 5.41) is 18.1. The van der Waals surface area contributed by atoms with Crippen molar-refractivity contribution < 1.29 is 9.72 Å². The molecule has 0 spiro atoms. The van der Waals surface area contributed by atoms with Crippen LogP contribution in [0.2, 0.25) is 5.02 Å². The summed E-state index contributed by atoms with van der Waals surface area (Å²) >= 11 is 6.60. The molecular formula is C26H22ClN5O3. The maximum Gasteiger partial charge on any atom is 0.269 e. The third-order valence-corrected chi connectivity index (χ3v) is 6.52. The van der Waals surface area contributed by atoms with E-state index in [9.17, 15) is 14.9 Å². The second-order valence-electron chi connectivity index (χ2n) is 8.33. The number of aryl methyl sites for hydroxylation is 1. The van der Waals surface area contributed by atoms with Crippen LogP contribution < -0.4 is 10.6 Å². The Bertz CT molecular complexity index is 1510. The molecule has 1 atom stereocenters.